The van der Waals surface area contributed by atoms with Gasteiger partial charge in [0, 0.05) is 29.0 Å². The summed E-state index contributed by atoms with van der Waals surface area (Å²) in [5, 5.41) is 0.953. The predicted octanol–water partition coefficient (Wildman–Crippen LogP) is 1.10. The maximum absolute atomic E-state index is 5.46. The standard InChI is InChI=1S/C9H10N4S/c10-2-1-8-5-13-9(14-8)7-3-11-6-12-4-7/h3-6H,1-2,10H2. The molecule has 0 aliphatic rings. The van der Waals surface area contributed by atoms with Gasteiger partial charge in [0.1, 0.15) is 11.3 Å². The Balaban J connectivity index is 2.25. The predicted molar refractivity (Wildman–Crippen MR) is 55.9 cm³/mol. The van der Waals surface area contributed by atoms with Gasteiger partial charge in [-0.1, -0.05) is 0 Å². The number of thiazole rings is 1. The highest BCUT2D eigenvalue weighted by Crippen LogP contribution is 2.23. The average molecular weight is 206 g/mol. The Morgan fingerprint density at radius 2 is 2.00 bits per heavy atom. The van der Waals surface area contributed by atoms with E-state index in [0.717, 1.165) is 17.0 Å². The first-order valence-electron chi connectivity index (χ1n) is 4.30. The van der Waals surface area contributed by atoms with Gasteiger partial charge < -0.3 is 5.73 Å². The lowest BCUT2D eigenvalue weighted by atomic mass is 10.4. The van der Waals surface area contributed by atoms with Crippen molar-refractivity contribution >= 4 is 11.3 Å². The summed E-state index contributed by atoms with van der Waals surface area (Å²) in [6.07, 6.45) is 7.78. The lowest BCUT2D eigenvalue weighted by Gasteiger charge is -1.91. The van der Waals surface area contributed by atoms with Crippen molar-refractivity contribution < 1.29 is 0 Å². The number of nitrogens with zero attached hydrogens (tertiary/aromatic N) is 3. The molecule has 72 valence electrons. The summed E-state index contributed by atoms with van der Waals surface area (Å²) in [6, 6.07) is 0. The van der Waals surface area contributed by atoms with E-state index in [9.17, 15) is 0 Å². The van der Waals surface area contributed by atoms with Crippen molar-refractivity contribution in [1.29, 1.82) is 0 Å². The van der Waals surface area contributed by atoms with E-state index in [1.165, 1.54) is 11.2 Å². The van der Waals surface area contributed by atoms with Crippen LogP contribution in [0.4, 0.5) is 0 Å². The van der Waals surface area contributed by atoms with E-state index in [-0.39, 0.29) is 0 Å². The van der Waals surface area contributed by atoms with Gasteiger partial charge in [-0.3, -0.25) is 0 Å². The fourth-order valence-corrected chi connectivity index (χ4v) is 2.01. The molecule has 2 aromatic rings. The van der Waals surface area contributed by atoms with Crippen LogP contribution in [-0.4, -0.2) is 21.5 Å². The fraction of sp³-hybridized carbons (Fsp3) is 0.222. The van der Waals surface area contributed by atoms with Crippen LogP contribution < -0.4 is 5.73 Å². The Labute approximate surface area is 85.9 Å². The molecule has 0 aliphatic carbocycles. The van der Waals surface area contributed by atoms with Gasteiger partial charge in [0.05, 0.1) is 0 Å². The molecule has 4 nitrogen and oxygen atoms in total. The topological polar surface area (TPSA) is 64.7 Å². The third-order valence-electron chi connectivity index (χ3n) is 1.75. The summed E-state index contributed by atoms with van der Waals surface area (Å²) in [7, 11) is 0. The van der Waals surface area contributed by atoms with Crippen molar-refractivity contribution in [1.82, 2.24) is 15.0 Å². The number of nitrogens with two attached hydrogens (primary N) is 1. The third-order valence-corrected chi connectivity index (χ3v) is 2.86. The first-order valence-corrected chi connectivity index (χ1v) is 5.12. The second-order valence-corrected chi connectivity index (χ2v) is 3.91. The molecule has 5 heteroatoms. The molecular weight excluding hydrogens is 196 g/mol. The molecule has 0 unspecified atom stereocenters. The van der Waals surface area contributed by atoms with Crippen LogP contribution in [0.5, 0.6) is 0 Å². The van der Waals surface area contributed by atoms with Crippen LogP contribution in [0.2, 0.25) is 0 Å². The van der Waals surface area contributed by atoms with Crippen LogP contribution in [0.3, 0.4) is 0 Å². The normalized spacial score (nSPS) is 10.4. The zero-order chi connectivity index (χ0) is 9.80. The molecule has 14 heavy (non-hydrogen) atoms. The number of hydrogen-bond donors (Lipinski definition) is 1. The summed E-state index contributed by atoms with van der Waals surface area (Å²) in [6.45, 7) is 0.660. The first-order chi connectivity index (χ1) is 6.90. The van der Waals surface area contributed by atoms with Crippen LogP contribution in [0.25, 0.3) is 10.6 Å². The van der Waals surface area contributed by atoms with E-state index in [4.69, 9.17) is 5.73 Å². The van der Waals surface area contributed by atoms with E-state index in [1.807, 2.05) is 6.20 Å². The Kier molecular flexibility index (Phi) is 2.81. The van der Waals surface area contributed by atoms with E-state index < -0.39 is 0 Å². The van der Waals surface area contributed by atoms with Crippen molar-refractivity contribution in [3.8, 4) is 10.6 Å². The van der Waals surface area contributed by atoms with Crippen molar-refractivity contribution in [2.24, 2.45) is 5.73 Å². The van der Waals surface area contributed by atoms with Gasteiger partial charge in [-0.15, -0.1) is 11.3 Å². The molecular formula is C9H10N4S. The van der Waals surface area contributed by atoms with Gasteiger partial charge in [-0.2, -0.15) is 0 Å². The van der Waals surface area contributed by atoms with E-state index >= 15 is 0 Å². The maximum Gasteiger partial charge on any atom is 0.126 e. The molecule has 0 saturated carbocycles. The first kappa shape index (κ1) is 9.23. The monoisotopic (exact) mass is 206 g/mol. The Morgan fingerprint density at radius 3 is 2.71 bits per heavy atom. The Morgan fingerprint density at radius 1 is 1.21 bits per heavy atom. The second-order valence-electron chi connectivity index (χ2n) is 2.80. The molecule has 2 heterocycles. The van der Waals surface area contributed by atoms with Gasteiger partial charge in [0.15, 0.2) is 0 Å². The lowest BCUT2D eigenvalue weighted by Crippen LogP contribution is -2.00. The van der Waals surface area contributed by atoms with E-state index in [2.05, 4.69) is 15.0 Å². The van der Waals surface area contributed by atoms with E-state index in [1.54, 1.807) is 23.7 Å². The van der Waals surface area contributed by atoms with Crippen LogP contribution in [0.15, 0.2) is 24.9 Å². The Bertz CT molecular complexity index is 398. The summed E-state index contributed by atoms with van der Waals surface area (Å²) in [5.74, 6) is 0. The van der Waals surface area contributed by atoms with Gasteiger partial charge in [0.2, 0.25) is 0 Å². The minimum atomic E-state index is 0.660. The van der Waals surface area contributed by atoms with Crippen molar-refractivity contribution in [2.45, 2.75) is 6.42 Å². The highest BCUT2D eigenvalue weighted by Gasteiger charge is 2.03. The maximum atomic E-state index is 5.46. The second kappa shape index (κ2) is 4.26. The zero-order valence-corrected chi connectivity index (χ0v) is 8.37. The molecule has 2 aromatic heterocycles. The number of aromatic nitrogens is 3. The zero-order valence-electron chi connectivity index (χ0n) is 7.55. The highest BCUT2D eigenvalue weighted by atomic mass is 32.1. The smallest absolute Gasteiger partial charge is 0.126 e. The molecule has 2 rings (SSSR count). The molecule has 0 spiro atoms. The van der Waals surface area contributed by atoms with Crippen molar-refractivity contribution in [2.75, 3.05) is 6.54 Å². The summed E-state index contributed by atoms with van der Waals surface area (Å²) < 4.78 is 0. The molecule has 0 fully saturated rings. The molecule has 2 N–H and O–H groups in total. The molecule has 0 aliphatic heterocycles. The van der Waals surface area contributed by atoms with Gasteiger partial charge >= 0.3 is 0 Å². The number of hydrogen-bond acceptors (Lipinski definition) is 5. The summed E-state index contributed by atoms with van der Waals surface area (Å²) >= 11 is 1.64. The van der Waals surface area contributed by atoms with Gasteiger partial charge in [-0.25, -0.2) is 15.0 Å². The molecule has 0 amide bonds. The summed E-state index contributed by atoms with van der Waals surface area (Å²) in [5.41, 5.74) is 6.42. The molecule has 0 saturated heterocycles. The van der Waals surface area contributed by atoms with Crippen molar-refractivity contribution in [3.63, 3.8) is 0 Å². The fourth-order valence-electron chi connectivity index (χ4n) is 1.11. The lowest BCUT2D eigenvalue weighted by molar-refractivity contribution is 0.984. The van der Waals surface area contributed by atoms with Gasteiger partial charge in [0.25, 0.3) is 0 Å². The SMILES string of the molecule is NCCc1cnc(-c2cncnc2)s1. The summed E-state index contributed by atoms with van der Waals surface area (Å²) in [4.78, 5) is 13.4. The van der Waals surface area contributed by atoms with Crippen LogP contribution in [0, 0.1) is 0 Å². The Hall–Kier alpha value is -1.33. The minimum Gasteiger partial charge on any atom is -0.330 e. The van der Waals surface area contributed by atoms with Crippen LogP contribution in [0.1, 0.15) is 4.88 Å². The van der Waals surface area contributed by atoms with Crippen molar-refractivity contribution in [3.05, 3.63) is 29.8 Å². The molecule has 0 atom stereocenters. The van der Waals surface area contributed by atoms with E-state index in [0.29, 0.717) is 6.54 Å². The quantitative estimate of drug-likeness (QED) is 0.816. The number of rotatable bonds is 3. The molecule has 0 bridgehead atoms. The highest BCUT2D eigenvalue weighted by molar-refractivity contribution is 7.15. The minimum absolute atomic E-state index is 0.660. The molecule has 0 aromatic carbocycles. The van der Waals surface area contributed by atoms with Crippen LogP contribution >= 0.6 is 11.3 Å². The van der Waals surface area contributed by atoms with Crippen LogP contribution in [-0.2, 0) is 6.42 Å². The largest absolute Gasteiger partial charge is 0.330 e. The third kappa shape index (κ3) is 1.94. The molecule has 0 radical (unpaired) electrons. The van der Waals surface area contributed by atoms with Gasteiger partial charge in [-0.05, 0) is 13.0 Å². The average Bonchev–Trinajstić information content (AvgIpc) is 2.68.